The first-order valence-electron chi connectivity index (χ1n) is 7.18. The molecule has 0 saturated carbocycles. The summed E-state index contributed by atoms with van der Waals surface area (Å²) in [6, 6.07) is 12.7. The summed E-state index contributed by atoms with van der Waals surface area (Å²) in [6.45, 7) is 1.47. The first kappa shape index (κ1) is 16.0. The second kappa shape index (κ2) is 5.98. The van der Waals surface area contributed by atoms with Gasteiger partial charge in [-0.05, 0) is 23.3 Å². The van der Waals surface area contributed by atoms with Crippen molar-refractivity contribution < 1.29 is 13.2 Å². The molecule has 1 aliphatic rings. The zero-order chi connectivity index (χ0) is 16.6. The van der Waals surface area contributed by atoms with Crippen molar-refractivity contribution in [1.82, 2.24) is 4.90 Å². The molecule has 2 aromatic carbocycles. The molecule has 3 rings (SSSR count). The molecule has 0 unspecified atom stereocenters. The molecule has 1 saturated heterocycles. The third-order valence-electron chi connectivity index (χ3n) is 4.10. The number of benzene rings is 2. The topological polar surface area (TPSA) is 54.5 Å². The summed E-state index contributed by atoms with van der Waals surface area (Å²) in [5, 5.41) is 0.397. The van der Waals surface area contributed by atoms with Crippen LogP contribution in [0.1, 0.15) is 11.5 Å². The average molecular weight is 350 g/mol. The van der Waals surface area contributed by atoms with Crippen molar-refractivity contribution in [3.63, 3.8) is 0 Å². The number of hydrogen-bond acceptors (Lipinski definition) is 3. The lowest BCUT2D eigenvalue weighted by atomic mass is 9.91. The largest absolute Gasteiger partial charge is 0.344 e. The molecular weight excluding hydrogens is 334 g/mol. The molecule has 6 heteroatoms. The van der Waals surface area contributed by atoms with Crippen LogP contribution in [0.5, 0.6) is 0 Å². The number of likely N-dealkylation sites (tertiary alicyclic amines) is 1. The molecule has 4 nitrogen and oxygen atoms in total. The number of nitrogens with zero attached hydrogens (tertiary/aromatic N) is 1. The summed E-state index contributed by atoms with van der Waals surface area (Å²) in [5.41, 5.74) is 2.63. The van der Waals surface area contributed by atoms with Crippen molar-refractivity contribution in [2.75, 3.05) is 19.3 Å². The Labute approximate surface area is 140 Å². The molecule has 0 aliphatic carbocycles. The van der Waals surface area contributed by atoms with Gasteiger partial charge in [0.05, 0.1) is 4.90 Å². The van der Waals surface area contributed by atoms with Crippen molar-refractivity contribution in [2.45, 2.75) is 10.8 Å². The second-order valence-corrected chi connectivity index (χ2v) is 8.21. The van der Waals surface area contributed by atoms with E-state index in [9.17, 15) is 13.2 Å². The molecule has 23 heavy (non-hydrogen) atoms. The Morgan fingerprint density at radius 1 is 1.13 bits per heavy atom. The molecule has 1 aliphatic heterocycles. The van der Waals surface area contributed by atoms with E-state index in [2.05, 4.69) is 0 Å². The van der Waals surface area contributed by atoms with Gasteiger partial charge in [0.25, 0.3) is 0 Å². The van der Waals surface area contributed by atoms with Crippen molar-refractivity contribution in [3.8, 4) is 11.1 Å². The van der Waals surface area contributed by atoms with Crippen LogP contribution in [0, 0.1) is 0 Å². The number of amides is 1. The number of halogens is 1. The smallest absolute Gasteiger partial charge is 0.209 e. The highest BCUT2D eigenvalue weighted by atomic mass is 35.5. The van der Waals surface area contributed by atoms with Gasteiger partial charge in [-0.2, -0.15) is 0 Å². The number of carbonyl (C=O) groups is 1. The molecular formula is C17H16ClNO3S. The van der Waals surface area contributed by atoms with E-state index >= 15 is 0 Å². The SMILES string of the molecule is CS(=O)(=O)c1cc(Cl)ccc1-c1ccc(C2CN(C=O)C2)cc1. The highest BCUT2D eigenvalue weighted by Gasteiger charge is 2.26. The van der Waals surface area contributed by atoms with Gasteiger partial charge in [0.1, 0.15) is 0 Å². The van der Waals surface area contributed by atoms with Gasteiger partial charge in [0.2, 0.25) is 6.41 Å². The lowest BCUT2D eigenvalue weighted by Crippen LogP contribution is -2.43. The highest BCUT2D eigenvalue weighted by molar-refractivity contribution is 7.90. The lowest BCUT2D eigenvalue weighted by Gasteiger charge is -2.36. The third-order valence-corrected chi connectivity index (χ3v) is 5.47. The Kier molecular flexibility index (Phi) is 4.17. The fourth-order valence-corrected chi connectivity index (χ4v) is 3.95. The van der Waals surface area contributed by atoms with E-state index in [1.54, 1.807) is 17.0 Å². The van der Waals surface area contributed by atoms with E-state index in [-0.39, 0.29) is 4.90 Å². The van der Waals surface area contributed by atoms with Crippen molar-refractivity contribution in [1.29, 1.82) is 0 Å². The summed E-state index contributed by atoms with van der Waals surface area (Å²) in [7, 11) is -3.36. The zero-order valence-electron chi connectivity index (χ0n) is 12.6. The molecule has 0 bridgehead atoms. The van der Waals surface area contributed by atoms with Crippen LogP contribution in [0.3, 0.4) is 0 Å². The molecule has 0 radical (unpaired) electrons. The zero-order valence-corrected chi connectivity index (χ0v) is 14.1. The third kappa shape index (κ3) is 3.26. The van der Waals surface area contributed by atoms with Crippen LogP contribution in [0.25, 0.3) is 11.1 Å². The molecule has 1 fully saturated rings. The normalized spacial score (nSPS) is 15.3. The Balaban J connectivity index is 1.93. The molecule has 2 aromatic rings. The number of hydrogen-bond donors (Lipinski definition) is 0. The van der Waals surface area contributed by atoms with Gasteiger partial charge < -0.3 is 4.90 Å². The molecule has 0 aromatic heterocycles. The van der Waals surface area contributed by atoms with Crippen LogP contribution in [0.2, 0.25) is 5.02 Å². The molecule has 0 N–H and O–H groups in total. The van der Waals surface area contributed by atoms with Crippen LogP contribution < -0.4 is 0 Å². The Bertz CT molecular complexity index is 841. The predicted octanol–water partition coefficient (Wildman–Crippen LogP) is 2.97. The number of sulfone groups is 1. The van der Waals surface area contributed by atoms with Crippen LogP contribution in [-0.4, -0.2) is 39.1 Å². The van der Waals surface area contributed by atoms with Gasteiger partial charge >= 0.3 is 0 Å². The maximum Gasteiger partial charge on any atom is 0.209 e. The van der Waals surface area contributed by atoms with Gasteiger partial charge in [-0.3, -0.25) is 4.79 Å². The van der Waals surface area contributed by atoms with Crippen molar-refractivity contribution in [3.05, 3.63) is 53.1 Å². The second-order valence-electron chi connectivity index (χ2n) is 5.79. The van der Waals surface area contributed by atoms with Gasteiger partial charge in [-0.25, -0.2) is 8.42 Å². The summed E-state index contributed by atoms with van der Waals surface area (Å²) in [4.78, 5) is 12.6. The van der Waals surface area contributed by atoms with E-state index in [0.717, 1.165) is 30.6 Å². The van der Waals surface area contributed by atoms with Gasteiger partial charge in [0, 0.05) is 35.8 Å². The van der Waals surface area contributed by atoms with Gasteiger partial charge in [-0.1, -0.05) is 41.9 Å². The van der Waals surface area contributed by atoms with Crippen molar-refractivity contribution >= 4 is 27.8 Å². The minimum Gasteiger partial charge on any atom is -0.344 e. The molecule has 120 valence electrons. The minimum absolute atomic E-state index is 0.230. The van der Waals surface area contributed by atoms with Crippen LogP contribution in [0.4, 0.5) is 0 Å². The van der Waals surface area contributed by atoms with Crippen molar-refractivity contribution in [2.24, 2.45) is 0 Å². The molecule has 0 spiro atoms. The standard InChI is InChI=1S/C17H16ClNO3S/c1-23(21,22)17-8-15(18)6-7-16(17)13-4-2-12(3-5-13)14-9-19(10-14)11-20/h2-8,11,14H,9-10H2,1H3. The first-order valence-corrected chi connectivity index (χ1v) is 9.44. The van der Waals surface area contributed by atoms with E-state index < -0.39 is 9.84 Å². The van der Waals surface area contributed by atoms with Crippen LogP contribution >= 0.6 is 11.6 Å². The molecule has 0 atom stereocenters. The van der Waals surface area contributed by atoms with Gasteiger partial charge in [-0.15, -0.1) is 0 Å². The minimum atomic E-state index is -3.36. The number of carbonyl (C=O) groups excluding carboxylic acids is 1. The van der Waals surface area contributed by atoms with E-state index in [1.165, 1.54) is 12.3 Å². The predicted molar refractivity (Wildman–Crippen MR) is 90.4 cm³/mol. The van der Waals surface area contributed by atoms with Gasteiger partial charge in [0.15, 0.2) is 9.84 Å². The van der Waals surface area contributed by atoms with E-state index in [0.29, 0.717) is 16.5 Å². The van der Waals surface area contributed by atoms with Crippen LogP contribution in [0.15, 0.2) is 47.4 Å². The maximum atomic E-state index is 12.0. The monoisotopic (exact) mass is 349 g/mol. The summed E-state index contributed by atoms with van der Waals surface area (Å²) in [5.74, 6) is 0.355. The molecule has 1 heterocycles. The van der Waals surface area contributed by atoms with E-state index in [4.69, 9.17) is 11.6 Å². The van der Waals surface area contributed by atoms with E-state index in [1.807, 2.05) is 24.3 Å². The first-order chi connectivity index (χ1) is 10.9. The Morgan fingerprint density at radius 3 is 2.35 bits per heavy atom. The Morgan fingerprint density at radius 2 is 1.78 bits per heavy atom. The Hall–Kier alpha value is -1.85. The van der Waals surface area contributed by atoms with Crippen LogP contribution in [-0.2, 0) is 14.6 Å². The molecule has 1 amide bonds. The fraction of sp³-hybridized carbons (Fsp3) is 0.235. The highest BCUT2D eigenvalue weighted by Crippen LogP contribution is 2.32. The number of rotatable bonds is 4. The summed E-state index contributed by atoms with van der Waals surface area (Å²) in [6.07, 6.45) is 2.04. The lowest BCUT2D eigenvalue weighted by molar-refractivity contribution is -0.122. The quantitative estimate of drug-likeness (QED) is 0.797. The summed E-state index contributed by atoms with van der Waals surface area (Å²) < 4.78 is 24.0. The average Bonchev–Trinajstić information content (AvgIpc) is 2.46. The summed E-state index contributed by atoms with van der Waals surface area (Å²) >= 11 is 5.93. The maximum absolute atomic E-state index is 12.0. The fourth-order valence-electron chi connectivity index (χ4n) is 2.79.